The number of halogens is 1. The van der Waals surface area contributed by atoms with E-state index in [9.17, 15) is 0 Å². The van der Waals surface area contributed by atoms with Crippen molar-refractivity contribution in [2.75, 3.05) is 23.5 Å². The van der Waals surface area contributed by atoms with E-state index in [0.717, 1.165) is 21.2 Å². The minimum atomic E-state index is 0.581. The zero-order chi connectivity index (χ0) is 10.7. The van der Waals surface area contributed by atoms with Crippen LogP contribution in [0.5, 0.6) is 0 Å². The van der Waals surface area contributed by atoms with Gasteiger partial charge in [0.15, 0.2) is 0 Å². The Kier molecular flexibility index (Phi) is 4.29. The van der Waals surface area contributed by atoms with Crippen LogP contribution < -0.4 is 11.5 Å². The van der Waals surface area contributed by atoms with E-state index in [1.165, 1.54) is 11.8 Å². The standard InChI is InChI=1S/C9H13ClN2S2/c1-3-14-6-4-5(10)7(11)9(13-2)8(6)12/h4H,3,11-12H2,1-2H3. The molecule has 2 nitrogen and oxygen atoms in total. The van der Waals surface area contributed by atoms with Crippen molar-refractivity contribution in [2.45, 2.75) is 16.7 Å². The molecule has 1 aromatic rings. The normalized spacial score (nSPS) is 10.5. The highest BCUT2D eigenvalue weighted by Gasteiger charge is 2.12. The van der Waals surface area contributed by atoms with Gasteiger partial charge in [-0.05, 0) is 18.1 Å². The molecule has 0 radical (unpaired) electrons. The van der Waals surface area contributed by atoms with Gasteiger partial charge in [-0.2, -0.15) is 0 Å². The molecule has 0 saturated carbocycles. The summed E-state index contributed by atoms with van der Waals surface area (Å²) in [5.41, 5.74) is 13.1. The Bertz CT molecular complexity index is 342. The molecule has 0 spiro atoms. The van der Waals surface area contributed by atoms with Crippen molar-refractivity contribution in [3.8, 4) is 0 Å². The lowest BCUT2D eigenvalue weighted by Crippen LogP contribution is -1.98. The van der Waals surface area contributed by atoms with Crippen LogP contribution in [0, 0.1) is 0 Å². The molecular formula is C9H13ClN2S2. The minimum Gasteiger partial charge on any atom is -0.397 e. The smallest absolute Gasteiger partial charge is 0.0663 e. The van der Waals surface area contributed by atoms with Crippen molar-refractivity contribution in [1.82, 2.24) is 0 Å². The number of anilines is 2. The predicted molar refractivity (Wildman–Crippen MR) is 68.5 cm³/mol. The van der Waals surface area contributed by atoms with Crippen LogP contribution in [0.2, 0.25) is 5.02 Å². The quantitative estimate of drug-likeness (QED) is 0.636. The third kappa shape index (κ3) is 2.24. The molecule has 14 heavy (non-hydrogen) atoms. The predicted octanol–water partition coefficient (Wildman–Crippen LogP) is 3.34. The Balaban J connectivity index is 3.27. The van der Waals surface area contributed by atoms with Gasteiger partial charge in [-0.3, -0.25) is 0 Å². The van der Waals surface area contributed by atoms with Gasteiger partial charge in [-0.15, -0.1) is 23.5 Å². The van der Waals surface area contributed by atoms with E-state index in [0.29, 0.717) is 10.7 Å². The highest BCUT2D eigenvalue weighted by Crippen LogP contribution is 2.41. The molecule has 0 aromatic heterocycles. The Labute approximate surface area is 97.8 Å². The highest BCUT2D eigenvalue weighted by molar-refractivity contribution is 8.00. The van der Waals surface area contributed by atoms with E-state index in [2.05, 4.69) is 6.92 Å². The molecule has 0 amide bonds. The van der Waals surface area contributed by atoms with Gasteiger partial charge in [0.05, 0.1) is 21.3 Å². The first-order chi connectivity index (χ1) is 6.61. The maximum absolute atomic E-state index is 6.00. The van der Waals surface area contributed by atoms with E-state index >= 15 is 0 Å². The maximum Gasteiger partial charge on any atom is 0.0663 e. The average Bonchev–Trinajstić information content (AvgIpc) is 2.16. The van der Waals surface area contributed by atoms with E-state index in [4.69, 9.17) is 23.1 Å². The number of benzene rings is 1. The highest BCUT2D eigenvalue weighted by atomic mass is 35.5. The van der Waals surface area contributed by atoms with Crippen LogP contribution in [-0.4, -0.2) is 12.0 Å². The summed E-state index contributed by atoms with van der Waals surface area (Å²) in [6.07, 6.45) is 1.94. The lowest BCUT2D eigenvalue weighted by molar-refractivity contribution is 1.34. The lowest BCUT2D eigenvalue weighted by atomic mass is 10.3. The zero-order valence-electron chi connectivity index (χ0n) is 8.13. The first kappa shape index (κ1) is 11.9. The number of nitrogen functional groups attached to an aromatic ring is 2. The van der Waals surface area contributed by atoms with Gasteiger partial charge in [0, 0.05) is 4.90 Å². The van der Waals surface area contributed by atoms with Crippen LogP contribution >= 0.6 is 35.1 Å². The van der Waals surface area contributed by atoms with Gasteiger partial charge in [-0.25, -0.2) is 0 Å². The third-order valence-corrected chi connectivity index (χ3v) is 3.87. The lowest BCUT2D eigenvalue weighted by Gasteiger charge is -2.12. The van der Waals surface area contributed by atoms with Crippen LogP contribution in [0.4, 0.5) is 11.4 Å². The van der Waals surface area contributed by atoms with Gasteiger partial charge in [0.25, 0.3) is 0 Å². The summed E-state index contributed by atoms with van der Waals surface area (Å²) in [5.74, 6) is 0.971. The van der Waals surface area contributed by atoms with Crippen molar-refractivity contribution in [1.29, 1.82) is 0 Å². The fourth-order valence-electron chi connectivity index (χ4n) is 1.13. The number of hydrogen-bond donors (Lipinski definition) is 2. The molecule has 0 atom stereocenters. The first-order valence-electron chi connectivity index (χ1n) is 4.16. The fraction of sp³-hybridized carbons (Fsp3) is 0.333. The first-order valence-corrected chi connectivity index (χ1v) is 6.74. The summed E-state index contributed by atoms with van der Waals surface area (Å²) < 4.78 is 0. The summed E-state index contributed by atoms with van der Waals surface area (Å²) >= 11 is 9.20. The molecule has 5 heteroatoms. The van der Waals surface area contributed by atoms with E-state index in [-0.39, 0.29) is 0 Å². The molecule has 1 aromatic carbocycles. The minimum absolute atomic E-state index is 0.581. The van der Waals surface area contributed by atoms with Crippen molar-refractivity contribution in [2.24, 2.45) is 0 Å². The summed E-state index contributed by atoms with van der Waals surface area (Å²) in [5, 5.41) is 0.583. The van der Waals surface area contributed by atoms with Crippen LogP contribution in [0.3, 0.4) is 0 Å². The third-order valence-electron chi connectivity index (χ3n) is 1.77. The molecule has 0 aliphatic rings. The van der Waals surface area contributed by atoms with Crippen molar-refractivity contribution in [3.05, 3.63) is 11.1 Å². The van der Waals surface area contributed by atoms with E-state index in [1.54, 1.807) is 11.8 Å². The molecule has 0 aliphatic heterocycles. The van der Waals surface area contributed by atoms with Gasteiger partial charge < -0.3 is 11.5 Å². The SMILES string of the molecule is CCSc1cc(Cl)c(N)c(SC)c1N. The topological polar surface area (TPSA) is 52.0 Å². The van der Waals surface area contributed by atoms with Crippen LogP contribution in [0.15, 0.2) is 15.9 Å². The molecular weight excluding hydrogens is 236 g/mol. The van der Waals surface area contributed by atoms with Gasteiger partial charge in [-0.1, -0.05) is 18.5 Å². The van der Waals surface area contributed by atoms with Gasteiger partial charge >= 0.3 is 0 Å². The van der Waals surface area contributed by atoms with Gasteiger partial charge in [0.2, 0.25) is 0 Å². The number of thioether (sulfide) groups is 2. The molecule has 0 bridgehead atoms. The summed E-state index contributed by atoms with van der Waals surface area (Å²) in [6.45, 7) is 2.08. The Morgan fingerprint density at radius 2 is 2.00 bits per heavy atom. The van der Waals surface area contributed by atoms with Crippen LogP contribution in [0.1, 0.15) is 6.92 Å². The molecule has 0 unspecified atom stereocenters. The maximum atomic E-state index is 6.00. The molecule has 1 rings (SSSR count). The number of nitrogens with two attached hydrogens (primary N) is 2. The molecule has 0 saturated heterocycles. The zero-order valence-corrected chi connectivity index (χ0v) is 10.5. The summed E-state index contributed by atoms with van der Waals surface area (Å²) in [4.78, 5) is 1.89. The Morgan fingerprint density at radius 3 is 2.50 bits per heavy atom. The van der Waals surface area contributed by atoms with Crippen molar-refractivity contribution in [3.63, 3.8) is 0 Å². The second-order valence-corrected chi connectivity index (χ2v) is 5.18. The Morgan fingerprint density at radius 1 is 1.36 bits per heavy atom. The fourth-order valence-corrected chi connectivity index (χ4v) is 2.95. The van der Waals surface area contributed by atoms with Crippen LogP contribution in [0.25, 0.3) is 0 Å². The largest absolute Gasteiger partial charge is 0.397 e. The summed E-state index contributed by atoms with van der Waals surface area (Å²) in [7, 11) is 0. The van der Waals surface area contributed by atoms with Crippen LogP contribution in [-0.2, 0) is 0 Å². The number of hydrogen-bond acceptors (Lipinski definition) is 4. The van der Waals surface area contributed by atoms with Crippen molar-refractivity contribution >= 4 is 46.5 Å². The molecule has 0 fully saturated rings. The average molecular weight is 249 g/mol. The summed E-state index contributed by atoms with van der Waals surface area (Å²) in [6, 6.07) is 1.83. The molecule has 0 aliphatic carbocycles. The molecule has 4 N–H and O–H groups in total. The second kappa shape index (κ2) is 5.05. The number of rotatable bonds is 3. The van der Waals surface area contributed by atoms with E-state index in [1.807, 2.05) is 12.3 Å². The second-order valence-electron chi connectivity index (χ2n) is 2.65. The van der Waals surface area contributed by atoms with E-state index < -0.39 is 0 Å². The van der Waals surface area contributed by atoms with Crippen molar-refractivity contribution < 1.29 is 0 Å². The van der Waals surface area contributed by atoms with Gasteiger partial charge in [0.1, 0.15) is 0 Å². The monoisotopic (exact) mass is 248 g/mol. The molecule has 78 valence electrons. The Hall–Kier alpha value is -0.190. The molecule has 0 heterocycles.